The van der Waals surface area contributed by atoms with Crippen LogP contribution in [0.2, 0.25) is 0 Å². The summed E-state index contributed by atoms with van der Waals surface area (Å²) in [6.07, 6.45) is 0. The molecule has 0 aliphatic carbocycles. The van der Waals surface area contributed by atoms with Crippen LogP contribution in [-0.2, 0) is 6.54 Å². The maximum atomic E-state index is 13.2. The number of nitrogens with one attached hydrogen (secondary N) is 1. The van der Waals surface area contributed by atoms with E-state index in [0.717, 1.165) is 25.2 Å². The lowest BCUT2D eigenvalue weighted by atomic mass is 9.98. The van der Waals surface area contributed by atoms with E-state index in [1.54, 1.807) is 0 Å². The second kappa shape index (κ2) is 5.27. The molecule has 0 saturated carbocycles. The van der Waals surface area contributed by atoms with Crippen LogP contribution in [0.5, 0.6) is 0 Å². The second-order valence-corrected chi connectivity index (χ2v) is 6.62. The van der Waals surface area contributed by atoms with Crippen molar-refractivity contribution in [2.24, 2.45) is 0 Å². The number of hydrogen-bond acceptors (Lipinski definition) is 2. The van der Waals surface area contributed by atoms with Gasteiger partial charge in [-0.1, -0.05) is 6.07 Å². The maximum absolute atomic E-state index is 13.2. The van der Waals surface area contributed by atoms with Crippen LogP contribution in [0.1, 0.15) is 26.3 Å². The first kappa shape index (κ1) is 14.0. The summed E-state index contributed by atoms with van der Waals surface area (Å²) in [5.74, 6) is -0.201. The Balaban J connectivity index is 2.09. The standard InChI is InChI=1S/C14H20BrFN2/c1-10-7-17-14(2,3)9-18(10)8-11-4-5-13(16)12(15)6-11/h4-6,10,17H,7-9H2,1-3H3. The van der Waals surface area contributed by atoms with E-state index in [0.29, 0.717) is 10.5 Å². The molecule has 0 amide bonds. The van der Waals surface area contributed by atoms with Crippen molar-refractivity contribution in [1.82, 2.24) is 10.2 Å². The first-order valence-corrected chi connectivity index (χ1v) is 7.10. The summed E-state index contributed by atoms with van der Waals surface area (Å²) in [5, 5.41) is 3.53. The molecule has 2 rings (SSSR count). The molecule has 1 aromatic carbocycles. The van der Waals surface area contributed by atoms with E-state index >= 15 is 0 Å². The zero-order valence-electron chi connectivity index (χ0n) is 11.1. The van der Waals surface area contributed by atoms with Crippen molar-refractivity contribution in [3.05, 3.63) is 34.1 Å². The molecule has 0 bridgehead atoms. The van der Waals surface area contributed by atoms with Gasteiger partial charge in [-0.05, 0) is 54.4 Å². The summed E-state index contributed by atoms with van der Waals surface area (Å²) in [6.45, 7) is 9.52. The highest BCUT2D eigenvalue weighted by atomic mass is 79.9. The summed E-state index contributed by atoms with van der Waals surface area (Å²) < 4.78 is 13.8. The molecule has 1 aromatic rings. The van der Waals surface area contributed by atoms with Gasteiger partial charge < -0.3 is 5.32 Å². The largest absolute Gasteiger partial charge is 0.309 e. The predicted molar refractivity (Wildman–Crippen MR) is 76.1 cm³/mol. The van der Waals surface area contributed by atoms with Crippen LogP contribution < -0.4 is 5.32 Å². The van der Waals surface area contributed by atoms with Crippen LogP contribution in [-0.4, -0.2) is 29.6 Å². The Morgan fingerprint density at radius 1 is 1.50 bits per heavy atom. The van der Waals surface area contributed by atoms with Crippen molar-refractivity contribution in [3.8, 4) is 0 Å². The molecule has 1 fully saturated rings. The molecule has 0 spiro atoms. The van der Waals surface area contributed by atoms with Crippen molar-refractivity contribution < 1.29 is 4.39 Å². The number of halogens is 2. The highest BCUT2D eigenvalue weighted by Crippen LogP contribution is 2.21. The monoisotopic (exact) mass is 314 g/mol. The molecular formula is C14H20BrFN2. The summed E-state index contributed by atoms with van der Waals surface area (Å²) in [6, 6.07) is 5.76. The molecule has 1 unspecified atom stereocenters. The first-order chi connectivity index (χ1) is 8.37. The van der Waals surface area contributed by atoms with E-state index in [-0.39, 0.29) is 11.4 Å². The minimum atomic E-state index is -0.201. The second-order valence-electron chi connectivity index (χ2n) is 5.77. The van der Waals surface area contributed by atoms with Gasteiger partial charge in [0.1, 0.15) is 5.82 Å². The number of piperazine rings is 1. The topological polar surface area (TPSA) is 15.3 Å². The molecule has 1 saturated heterocycles. The van der Waals surface area contributed by atoms with Crippen LogP contribution >= 0.6 is 15.9 Å². The van der Waals surface area contributed by atoms with Gasteiger partial charge in [0.25, 0.3) is 0 Å². The third-order valence-corrected chi connectivity index (χ3v) is 4.08. The summed E-state index contributed by atoms with van der Waals surface area (Å²) in [7, 11) is 0. The lowest BCUT2D eigenvalue weighted by Crippen LogP contribution is -2.60. The number of hydrogen-bond donors (Lipinski definition) is 1. The van der Waals surface area contributed by atoms with Gasteiger partial charge in [-0.25, -0.2) is 4.39 Å². The van der Waals surface area contributed by atoms with E-state index in [4.69, 9.17) is 0 Å². The average Bonchev–Trinajstić information content (AvgIpc) is 2.28. The Bertz CT molecular complexity index is 434. The average molecular weight is 315 g/mol. The van der Waals surface area contributed by atoms with E-state index in [2.05, 4.69) is 46.9 Å². The van der Waals surface area contributed by atoms with Crippen LogP contribution in [0.15, 0.2) is 22.7 Å². The van der Waals surface area contributed by atoms with Crippen molar-refractivity contribution in [3.63, 3.8) is 0 Å². The molecule has 4 heteroatoms. The predicted octanol–water partition coefficient (Wildman–Crippen LogP) is 3.16. The SMILES string of the molecule is CC1CNC(C)(C)CN1Cc1ccc(F)c(Br)c1. The summed E-state index contributed by atoms with van der Waals surface area (Å²) in [5.41, 5.74) is 1.29. The van der Waals surface area contributed by atoms with Crippen molar-refractivity contribution in [2.45, 2.75) is 38.9 Å². The molecule has 1 aliphatic rings. The third kappa shape index (κ3) is 3.31. The lowest BCUT2D eigenvalue weighted by Gasteiger charge is -2.43. The molecule has 1 atom stereocenters. The Morgan fingerprint density at radius 2 is 2.22 bits per heavy atom. The van der Waals surface area contributed by atoms with Gasteiger partial charge in [0.2, 0.25) is 0 Å². The van der Waals surface area contributed by atoms with E-state index in [9.17, 15) is 4.39 Å². The van der Waals surface area contributed by atoms with E-state index in [1.165, 1.54) is 6.07 Å². The minimum absolute atomic E-state index is 0.143. The molecule has 1 heterocycles. The zero-order valence-corrected chi connectivity index (χ0v) is 12.7. The van der Waals surface area contributed by atoms with E-state index < -0.39 is 0 Å². The number of rotatable bonds is 2. The highest BCUT2D eigenvalue weighted by Gasteiger charge is 2.29. The summed E-state index contributed by atoms with van der Waals surface area (Å²) >= 11 is 3.24. The zero-order chi connectivity index (χ0) is 13.3. The molecule has 0 radical (unpaired) electrons. The fourth-order valence-electron chi connectivity index (χ4n) is 2.36. The van der Waals surface area contributed by atoms with Crippen molar-refractivity contribution in [2.75, 3.05) is 13.1 Å². The lowest BCUT2D eigenvalue weighted by molar-refractivity contribution is 0.0977. The van der Waals surface area contributed by atoms with Crippen LogP contribution in [0.4, 0.5) is 4.39 Å². The van der Waals surface area contributed by atoms with Crippen molar-refractivity contribution >= 4 is 15.9 Å². The van der Waals surface area contributed by atoms with Crippen molar-refractivity contribution in [1.29, 1.82) is 0 Å². The van der Waals surface area contributed by atoms with Crippen LogP contribution in [0, 0.1) is 5.82 Å². The number of benzene rings is 1. The maximum Gasteiger partial charge on any atom is 0.137 e. The normalized spacial score (nSPS) is 24.2. The third-order valence-electron chi connectivity index (χ3n) is 3.47. The van der Waals surface area contributed by atoms with Crippen LogP contribution in [0.25, 0.3) is 0 Å². The van der Waals surface area contributed by atoms with Gasteiger partial charge in [-0.2, -0.15) is 0 Å². The van der Waals surface area contributed by atoms with Gasteiger partial charge in [0.05, 0.1) is 4.47 Å². The highest BCUT2D eigenvalue weighted by molar-refractivity contribution is 9.10. The molecular weight excluding hydrogens is 295 g/mol. The molecule has 1 aliphatic heterocycles. The minimum Gasteiger partial charge on any atom is -0.309 e. The first-order valence-electron chi connectivity index (χ1n) is 6.30. The van der Waals surface area contributed by atoms with Gasteiger partial charge in [-0.3, -0.25) is 4.90 Å². The fraction of sp³-hybridized carbons (Fsp3) is 0.571. The Morgan fingerprint density at radius 3 is 2.89 bits per heavy atom. The quantitative estimate of drug-likeness (QED) is 0.902. The fourth-order valence-corrected chi connectivity index (χ4v) is 2.78. The van der Waals surface area contributed by atoms with Gasteiger partial charge in [-0.15, -0.1) is 0 Å². The smallest absolute Gasteiger partial charge is 0.137 e. The van der Waals surface area contributed by atoms with Gasteiger partial charge in [0.15, 0.2) is 0 Å². The van der Waals surface area contributed by atoms with Crippen LogP contribution in [0.3, 0.4) is 0 Å². The molecule has 2 nitrogen and oxygen atoms in total. The van der Waals surface area contributed by atoms with Gasteiger partial charge >= 0.3 is 0 Å². The molecule has 0 aromatic heterocycles. The molecule has 18 heavy (non-hydrogen) atoms. The van der Waals surface area contributed by atoms with E-state index in [1.807, 2.05) is 12.1 Å². The molecule has 1 N–H and O–H groups in total. The Kier molecular flexibility index (Phi) is 4.09. The molecule has 100 valence electrons. The Hall–Kier alpha value is -0.450. The summed E-state index contributed by atoms with van der Waals surface area (Å²) in [4.78, 5) is 2.44. The number of nitrogens with zero attached hydrogens (tertiary/aromatic N) is 1. The Labute approximate surface area is 117 Å². The van der Waals surface area contributed by atoms with Gasteiger partial charge in [0, 0.05) is 31.2 Å².